The lowest BCUT2D eigenvalue weighted by Gasteiger charge is -2.17. The molecule has 1 unspecified atom stereocenters. The average Bonchev–Trinajstić information content (AvgIpc) is 2.29. The molecule has 96 valence electrons. The van der Waals surface area contributed by atoms with Crippen molar-refractivity contribution in [2.75, 3.05) is 13.2 Å². The van der Waals surface area contributed by atoms with Gasteiger partial charge in [0.2, 0.25) is 0 Å². The quantitative estimate of drug-likeness (QED) is 0.724. The van der Waals surface area contributed by atoms with E-state index in [4.69, 9.17) is 5.11 Å². The topological polar surface area (TPSA) is 41.5 Å². The van der Waals surface area contributed by atoms with E-state index in [0.29, 0.717) is 18.5 Å². The first kappa shape index (κ1) is 13.9. The maximum Gasteiger partial charge on any atom is 0.387 e. The predicted molar refractivity (Wildman–Crippen MR) is 61.2 cm³/mol. The molecule has 2 N–H and O–H groups in total. The zero-order valence-corrected chi connectivity index (χ0v) is 9.70. The van der Waals surface area contributed by atoms with Crippen LogP contribution in [0.3, 0.4) is 0 Å². The highest BCUT2D eigenvalue weighted by atomic mass is 19.3. The highest BCUT2D eigenvalue weighted by Gasteiger charge is 2.13. The Morgan fingerprint density at radius 1 is 1.35 bits per heavy atom. The summed E-state index contributed by atoms with van der Waals surface area (Å²) in [4.78, 5) is 0. The van der Waals surface area contributed by atoms with Crippen molar-refractivity contribution in [2.24, 2.45) is 0 Å². The van der Waals surface area contributed by atoms with Crippen LogP contribution in [-0.4, -0.2) is 24.9 Å². The first-order valence-electron chi connectivity index (χ1n) is 5.53. The van der Waals surface area contributed by atoms with Gasteiger partial charge in [-0.05, 0) is 26.0 Å². The van der Waals surface area contributed by atoms with E-state index in [-0.39, 0.29) is 18.4 Å². The Kier molecular flexibility index (Phi) is 5.86. The van der Waals surface area contributed by atoms with Gasteiger partial charge in [0.15, 0.2) is 0 Å². The number of aliphatic hydroxyl groups excluding tert-OH is 1. The summed E-state index contributed by atoms with van der Waals surface area (Å²) in [6.07, 6.45) is 0.627. The highest BCUT2D eigenvalue weighted by molar-refractivity contribution is 5.35. The van der Waals surface area contributed by atoms with Gasteiger partial charge in [-0.1, -0.05) is 18.2 Å². The summed E-state index contributed by atoms with van der Waals surface area (Å²) in [5, 5.41) is 11.8. The van der Waals surface area contributed by atoms with Gasteiger partial charge in [-0.25, -0.2) is 0 Å². The van der Waals surface area contributed by atoms with Crippen LogP contribution in [0.4, 0.5) is 8.78 Å². The number of alkyl halides is 2. The Bertz CT molecular complexity index is 334. The molecule has 0 radical (unpaired) electrons. The summed E-state index contributed by atoms with van der Waals surface area (Å²) < 4.78 is 28.8. The van der Waals surface area contributed by atoms with Crippen molar-refractivity contribution in [3.05, 3.63) is 29.8 Å². The SMILES string of the molecule is CC(NCCCO)c1ccccc1OC(F)F. The van der Waals surface area contributed by atoms with Gasteiger partial charge < -0.3 is 15.2 Å². The van der Waals surface area contributed by atoms with E-state index < -0.39 is 6.61 Å². The van der Waals surface area contributed by atoms with Gasteiger partial charge in [-0.3, -0.25) is 0 Å². The number of para-hydroxylation sites is 1. The molecule has 0 saturated carbocycles. The van der Waals surface area contributed by atoms with Gasteiger partial charge in [0, 0.05) is 18.2 Å². The van der Waals surface area contributed by atoms with E-state index >= 15 is 0 Å². The van der Waals surface area contributed by atoms with E-state index in [1.54, 1.807) is 18.2 Å². The monoisotopic (exact) mass is 245 g/mol. The second-order valence-electron chi connectivity index (χ2n) is 3.67. The van der Waals surface area contributed by atoms with Crippen molar-refractivity contribution in [2.45, 2.75) is 26.0 Å². The minimum Gasteiger partial charge on any atom is -0.434 e. The molecule has 0 fully saturated rings. The van der Waals surface area contributed by atoms with Crippen LogP contribution in [-0.2, 0) is 0 Å². The molecule has 1 aromatic carbocycles. The van der Waals surface area contributed by atoms with Crippen molar-refractivity contribution in [3.8, 4) is 5.75 Å². The molecular weight excluding hydrogens is 228 g/mol. The molecular formula is C12H17F2NO2. The van der Waals surface area contributed by atoms with E-state index in [1.165, 1.54) is 6.07 Å². The Labute approximate surface area is 99.4 Å². The number of benzene rings is 1. The number of halogens is 2. The molecule has 1 rings (SSSR count). The molecule has 0 aliphatic rings. The van der Waals surface area contributed by atoms with Crippen molar-refractivity contribution in [3.63, 3.8) is 0 Å². The van der Waals surface area contributed by atoms with Crippen LogP contribution < -0.4 is 10.1 Å². The minimum atomic E-state index is -2.82. The van der Waals surface area contributed by atoms with Crippen LogP contribution >= 0.6 is 0 Å². The van der Waals surface area contributed by atoms with Gasteiger partial charge in [-0.15, -0.1) is 0 Å². The average molecular weight is 245 g/mol. The number of aliphatic hydroxyl groups is 1. The van der Waals surface area contributed by atoms with E-state index in [1.807, 2.05) is 6.92 Å². The Morgan fingerprint density at radius 2 is 2.06 bits per heavy atom. The normalized spacial score (nSPS) is 12.8. The Hall–Kier alpha value is -1.20. The van der Waals surface area contributed by atoms with Gasteiger partial charge >= 0.3 is 6.61 Å². The van der Waals surface area contributed by atoms with Gasteiger partial charge in [-0.2, -0.15) is 8.78 Å². The number of nitrogens with one attached hydrogen (secondary N) is 1. The largest absolute Gasteiger partial charge is 0.434 e. The molecule has 5 heteroatoms. The molecule has 0 amide bonds. The molecule has 0 heterocycles. The lowest BCUT2D eigenvalue weighted by Crippen LogP contribution is -2.21. The van der Waals surface area contributed by atoms with Crippen molar-refractivity contribution in [1.29, 1.82) is 0 Å². The van der Waals surface area contributed by atoms with Gasteiger partial charge in [0.25, 0.3) is 0 Å². The van der Waals surface area contributed by atoms with E-state index in [9.17, 15) is 8.78 Å². The highest BCUT2D eigenvalue weighted by Crippen LogP contribution is 2.26. The summed E-state index contributed by atoms with van der Waals surface area (Å²) in [5.41, 5.74) is 0.686. The molecule has 0 spiro atoms. The van der Waals surface area contributed by atoms with Gasteiger partial charge in [0.1, 0.15) is 5.75 Å². The molecule has 0 aliphatic heterocycles. The number of rotatable bonds is 7. The third-order valence-electron chi connectivity index (χ3n) is 2.39. The summed E-state index contributed by atoms with van der Waals surface area (Å²) in [6, 6.07) is 6.59. The maximum absolute atomic E-state index is 12.2. The fraction of sp³-hybridized carbons (Fsp3) is 0.500. The molecule has 0 aliphatic carbocycles. The molecule has 0 saturated heterocycles. The molecule has 0 bridgehead atoms. The standard InChI is InChI=1S/C12H17F2NO2/c1-9(15-7-4-8-16)10-5-2-3-6-11(10)17-12(13)14/h2-3,5-6,9,12,15-16H,4,7-8H2,1H3. The van der Waals surface area contributed by atoms with Crippen LogP contribution in [0.1, 0.15) is 24.9 Å². The number of hydrogen-bond donors (Lipinski definition) is 2. The maximum atomic E-state index is 12.2. The van der Waals surface area contributed by atoms with Crippen LogP contribution in [0.2, 0.25) is 0 Å². The third-order valence-corrected chi connectivity index (χ3v) is 2.39. The zero-order chi connectivity index (χ0) is 12.7. The fourth-order valence-electron chi connectivity index (χ4n) is 1.55. The first-order chi connectivity index (χ1) is 8.15. The van der Waals surface area contributed by atoms with Crippen LogP contribution in [0.15, 0.2) is 24.3 Å². The minimum absolute atomic E-state index is 0.100. The lowest BCUT2D eigenvalue weighted by molar-refractivity contribution is -0.0506. The Balaban J connectivity index is 2.67. The molecule has 1 atom stereocenters. The predicted octanol–water partition coefficient (Wildman–Crippen LogP) is 2.32. The zero-order valence-electron chi connectivity index (χ0n) is 9.70. The summed E-state index contributed by atoms with van der Waals surface area (Å²) in [5.74, 6) is 0.187. The van der Waals surface area contributed by atoms with E-state index in [0.717, 1.165) is 0 Å². The van der Waals surface area contributed by atoms with E-state index in [2.05, 4.69) is 10.1 Å². The van der Waals surface area contributed by atoms with Crippen molar-refractivity contribution < 1.29 is 18.6 Å². The smallest absolute Gasteiger partial charge is 0.387 e. The van der Waals surface area contributed by atoms with Crippen molar-refractivity contribution in [1.82, 2.24) is 5.32 Å². The molecule has 1 aromatic rings. The van der Waals surface area contributed by atoms with Crippen LogP contribution in [0, 0.1) is 0 Å². The molecule has 17 heavy (non-hydrogen) atoms. The third kappa shape index (κ3) is 4.66. The molecule has 0 aromatic heterocycles. The Morgan fingerprint density at radius 3 is 2.71 bits per heavy atom. The number of ether oxygens (including phenoxy) is 1. The van der Waals surface area contributed by atoms with Crippen LogP contribution in [0.5, 0.6) is 5.75 Å². The first-order valence-corrected chi connectivity index (χ1v) is 5.53. The summed E-state index contributed by atoms with van der Waals surface area (Å²) in [7, 11) is 0. The number of hydrogen-bond acceptors (Lipinski definition) is 3. The second kappa shape index (κ2) is 7.19. The van der Waals surface area contributed by atoms with Gasteiger partial charge in [0.05, 0.1) is 0 Å². The molecule has 3 nitrogen and oxygen atoms in total. The second-order valence-corrected chi connectivity index (χ2v) is 3.67. The lowest BCUT2D eigenvalue weighted by atomic mass is 10.1. The summed E-state index contributed by atoms with van der Waals surface area (Å²) >= 11 is 0. The fourth-order valence-corrected chi connectivity index (χ4v) is 1.55. The van der Waals surface area contributed by atoms with Crippen LogP contribution in [0.25, 0.3) is 0 Å². The summed E-state index contributed by atoms with van der Waals surface area (Å²) in [6.45, 7) is -0.221. The van der Waals surface area contributed by atoms with Crippen molar-refractivity contribution >= 4 is 0 Å².